The molecule has 1 N–H and O–H groups in total. The number of halogens is 1. The molecule has 1 aromatic rings. The molecule has 1 aromatic carbocycles. The summed E-state index contributed by atoms with van der Waals surface area (Å²) in [7, 11) is 0. The minimum absolute atomic E-state index is 0.0418. The number of nitrogens with zero attached hydrogens (tertiary/aromatic N) is 2. The van der Waals surface area contributed by atoms with E-state index in [0.717, 1.165) is 32.0 Å². The van der Waals surface area contributed by atoms with E-state index in [0.29, 0.717) is 18.1 Å². The van der Waals surface area contributed by atoms with Crippen molar-refractivity contribution in [3.8, 4) is 0 Å². The van der Waals surface area contributed by atoms with Crippen molar-refractivity contribution in [2.75, 3.05) is 44.3 Å². The van der Waals surface area contributed by atoms with Crippen LogP contribution in [0.25, 0.3) is 0 Å². The maximum Gasteiger partial charge on any atom is 0.227 e. The molecule has 1 atom stereocenters. The standard InChI is InChI=1S/C19H26ClN3O3/c1-19(2,22-6-8-26-9-7-22)13-21-18(25)14-10-17(24)23(12-14)16-5-3-4-15(20)11-16/h3-5,11,14H,6-10,12-13H2,1-2H3,(H,21,25). The summed E-state index contributed by atoms with van der Waals surface area (Å²) in [6, 6.07) is 7.17. The number of carbonyl (C=O) groups is 2. The number of benzene rings is 1. The normalized spacial score (nSPS) is 21.9. The Morgan fingerprint density at radius 2 is 2.08 bits per heavy atom. The van der Waals surface area contributed by atoms with Crippen molar-refractivity contribution in [2.24, 2.45) is 5.92 Å². The molecule has 2 aliphatic rings. The SMILES string of the molecule is CC(C)(CNC(=O)C1CC(=O)N(c2cccc(Cl)c2)C1)N1CCOCC1. The topological polar surface area (TPSA) is 61.9 Å². The van der Waals surface area contributed by atoms with Crippen LogP contribution in [0.15, 0.2) is 24.3 Å². The predicted octanol–water partition coefficient (Wildman–Crippen LogP) is 1.92. The molecular formula is C19H26ClN3O3. The molecule has 0 bridgehead atoms. The van der Waals surface area contributed by atoms with Crippen LogP contribution in [0.5, 0.6) is 0 Å². The second kappa shape index (κ2) is 7.94. The van der Waals surface area contributed by atoms with Gasteiger partial charge in [-0.1, -0.05) is 17.7 Å². The van der Waals surface area contributed by atoms with E-state index in [1.807, 2.05) is 12.1 Å². The van der Waals surface area contributed by atoms with Crippen LogP contribution in [-0.2, 0) is 14.3 Å². The molecule has 2 aliphatic heterocycles. The van der Waals surface area contributed by atoms with Crippen LogP contribution in [0.1, 0.15) is 20.3 Å². The number of carbonyl (C=O) groups excluding carboxylic acids is 2. The van der Waals surface area contributed by atoms with Gasteiger partial charge in [-0.15, -0.1) is 0 Å². The van der Waals surface area contributed by atoms with Gasteiger partial charge in [0.25, 0.3) is 0 Å². The van der Waals surface area contributed by atoms with E-state index in [1.54, 1.807) is 17.0 Å². The molecule has 0 spiro atoms. The zero-order valence-electron chi connectivity index (χ0n) is 15.3. The lowest BCUT2D eigenvalue weighted by Gasteiger charge is -2.41. The average molecular weight is 380 g/mol. The number of rotatable bonds is 5. The van der Waals surface area contributed by atoms with Crippen LogP contribution in [0, 0.1) is 5.92 Å². The minimum atomic E-state index is -0.332. The minimum Gasteiger partial charge on any atom is -0.379 e. The molecule has 3 rings (SSSR count). The van der Waals surface area contributed by atoms with Gasteiger partial charge in [-0.05, 0) is 32.0 Å². The second-order valence-electron chi connectivity index (χ2n) is 7.51. The van der Waals surface area contributed by atoms with Gasteiger partial charge in [-0.3, -0.25) is 14.5 Å². The van der Waals surface area contributed by atoms with Crippen molar-refractivity contribution < 1.29 is 14.3 Å². The average Bonchev–Trinajstić information content (AvgIpc) is 3.02. The van der Waals surface area contributed by atoms with Crippen molar-refractivity contribution in [2.45, 2.75) is 25.8 Å². The smallest absolute Gasteiger partial charge is 0.227 e. The van der Waals surface area contributed by atoms with Gasteiger partial charge in [-0.25, -0.2) is 0 Å². The fourth-order valence-electron chi connectivity index (χ4n) is 3.51. The number of hydrogen-bond donors (Lipinski definition) is 1. The zero-order chi connectivity index (χ0) is 18.7. The Morgan fingerprint density at radius 3 is 2.77 bits per heavy atom. The summed E-state index contributed by atoms with van der Waals surface area (Å²) < 4.78 is 5.39. The van der Waals surface area contributed by atoms with Crippen molar-refractivity contribution in [3.05, 3.63) is 29.3 Å². The highest BCUT2D eigenvalue weighted by molar-refractivity contribution is 6.30. The summed E-state index contributed by atoms with van der Waals surface area (Å²) in [5.41, 5.74) is 0.598. The van der Waals surface area contributed by atoms with Crippen LogP contribution in [0.2, 0.25) is 5.02 Å². The summed E-state index contributed by atoms with van der Waals surface area (Å²) >= 11 is 6.01. The van der Waals surface area contributed by atoms with E-state index in [1.165, 1.54) is 0 Å². The maximum absolute atomic E-state index is 12.6. The molecule has 2 amide bonds. The van der Waals surface area contributed by atoms with Gasteiger partial charge in [0.1, 0.15) is 0 Å². The lowest BCUT2D eigenvalue weighted by molar-refractivity contribution is -0.127. The number of hydrogen-bond acceptors (Lipinski definition) is 4. The molecule has 1 unspecified atom stereocenters. The number of ether oxygens (including phenoxy) is 1. The van der Waals surface area contributed by atoms with Crippen LogP contribution < -0.4 is 10.2 Å². The Balaban J connectivity index is 1.56. The first-order chi connectivity index (χ1) is 12.4. The first-order valence-corrected chi connectivity index (χ1v) is 9.41. The highest BCUT2D eigenvalue weighted by Crippen LogP contribution is 2.27. The lowest BCUT2D eigenvalue weighted by atomic mass is 10.0. The van der Waals surface area contributed by atoms with Crippen molar-refractivity contribution in [3.63, 3.8) is 0 Å². The van der Waals surface area contributed by atoms with Gasteiger partial charge in [0, 0.05) is 48.8 Å². The molecular weight excluding hydrogens is 354 g/mol. The Bertz CT molecular complexity index is 674. The molecule has 2 heterocycles. The summed E-state index contributed by atoms with van der Waals surface area (Å²) in [5, 5.41) is 3.62. The van der Waals surface area contributed by atoms with E-state index >= 15 is 0 Å². The van der Waals surface area contributed by atoms with Gasteiger partial charge in [0.05, 0.1) is 19.1 Å². The summed E-state index contributed by atoms with van der Waals surface area (Å²) in [4.78, 5) is 28.9. The highest BCUT2D eigenvalue weighted by Gasteiger charge is 2.36. The number of amides is 2. The third kappa shape index (κ3) is 4.37. The summed E-state index contributed by atoms with van der Waals surface area (Å²) in [5.74, 6) is -0.439. The Hall–Kier alpha value is -1.63. The molecule has 26 heavy (non-hydrogen) atoms. The third-order valence-electron chi connectivity index (χ3n) is 5.18. The Labute approximate surface area is 159 Å². The molecule has 2 fully saturated rings. The molecule has 0 aromatic heterocycles. The van der Waals surface area contributed by atoms with Crippen LogP contribution in [0.3, 0.4) is 0 Å². The third-order valence-corrected chi connectivity index (χ3v) is 5.41. The van der Waals surface area contributed by atoms with E-state index in [4.69, 9.17) is 16.3 Å². The van der Waals surface area contributed by atoms with Crippen LogP contribution in [0.4, 0.5) is 5.69 Å². The van der Waals surface area contributed by atoms with Gasteiger partial charge in [-0.2, -0.15) is 0 Å². The fraction of sp³-hybridized carbons (Fsp3) is 0.579. The van der Waals surface area contributed by atoms with Crippen LogP contribution >= 0.6 is 11.6 Å². The second-order valence-corrected chi connectivity index (χ2v) is 7.95. The summed E-state index contributed by atoms with van der Waals surface area (Å²) in [6.07, 6.45) is 0.232. The lowest BCUT2D eigenvalue weighted by Crippen LogP contribution is -2.55. The first kappa shape index (κ1) is 19.1. The van der Waals surface area contributed by atoms with E-state index in [2.05, 4.69) is 24.1 Å². The molecule has 6 nitrogen and oxygen atoms in total. The Morgan fingerprint density at radius 1 is 1.35 bits per heavy atom. The molecule has 142 valence electrons. The summed E-state index contributed by atoms with van der Waals surface area (Å²) in [6.45, 7) is 8.37. The molecule has 2 saturated heterocycles. The van der Waals surface area contributed by atoms with Gasteiger partial charge >= 0.3 is 0 Å². The number of anilines is 1. The van der Waals surface area contributed by atoms with Crippen molar-refractivity contribution >= 4 is 29.1 Å². The van der Waals surface area contributed by atoms with Gasteiger partial charge in [0.15, 0.2) is 0 Å². The zero-order valence-corrected chi connectivity index (χ0v) is 16.1. The largest absolute Gasteiger partial charge is 0.379 e. The monoisotopic (exact) mass is 379 g/mol. The van der Waals surface area contributed by atoms with Crippen LogP contribution in [-0.4, -0.2) is 61.6 Å². The first-order valence-electron chi connectivity index (χ1n) is 9.03. The van der Waals surface area contributed by atoms with Crippen molar-refractivity contribution in [1.29, 1.82) is 0 Å². The van der Waals surface area contributed by atoms with E-state index in [9.17, 15) is 9.59 Å². The number of nitrogens with one attached hydrogen (secondary N) is 1. The fourth-order valence-corrected chi connectivity index (χ4v) is 3.69. The predicted molar refractivity (Wildman–Crippen MR) is 101 cm³/mol. The van der Waals surface area contributed by atoms with E-state index < -0.39 is 0 Å². The Kier molecular flexibility index (Phi) is 5.85. The van der Waals surface area contributed by atoms with Gasteiger partial charge in [0.2, 0.25) is 11.8 Å². The quantitative estimate of drug-likeness (QED) is 0.849. The molecule has 0 radical (unpaired) electrons. The van der Waals surface area contributed by atoms with Crippen molar-refractivity contribution in [1.82, 2.24) is 10.2 Å². The highest BCUT2D eigenvalue weighted by atomic mass is 35.5. The van der Waals surface area contributed by atoms with E-state index in [-0.39, 0.29) is 29.7 Å². The molecule has 0 aliphatic carbocycles. The molecule has 0 saturated carbocycles. The maximum atomic E-state index is 12.6. The number of morpholine rings is 1. The molecule has 7 heteroatoms. The van der Waals surface area contributed by atoms with Gasteiger partial charge < -0.3 is 15.0 Å².